The van der Waals surface area contributed by atoms with E-state index in [1.54, 1.807) is 25.3 Å². The van der Waals surface area contributed by atoms with Crippen LogP contribution in [0.25, 0.3) is 11.6 Å². The second kappa shape index (κ2) is 3.22. The van der Waals surface area contributed by atoms with E-state index in [-0.39, 0.29) is 5.38 Å². The Bertz CT molecular complexity index is 381. The molecule has 0 aromatic carbocycles. The van der Waals surface area contributed by atoms with Crippen molar-refractivity contribution in [3.8, 4) is 11.6 Å². The van der Waals surface area contributed by atoms with Crippen molar-refractivity contribution in [1.29, 1.82) is 0 Å². The van der Waals surface area contributed by atoms with Crippen molar-refractivity contribution >= 4 is 11.6 Å². The molecule has 0 N–H and O–H groups in total. The highest BCUT2D eigenvalue weighted by Crippen LogP contribution is 2.21. The number of hydrogen-bond donors (Lipinski definition) is 0. The first-order valence-electron chi connectivity index (χ1n) is 3.79. The summed E-state index contributed by atoms with van der Waals surface area (Å²) in [5.41, 5.74) is 0. The maximum absolute atomic E-state index is 5.75. The molecule has 0 bridgehead atoms. The fourth-order valence-electron chi connectivity index (χ4n) is 0.903. The third-order valence-corrected chi connectivity index (χ3v) is 1.71. The lowest BCUT2D eigenvalue weighted by molar-refractivity contribution is 0.378. The van der Waals surface area contributed by atoms with Crippen molar-refractivity contribution in [1.82, 2.24) is 10.1 Å². The Morgan fingerprint density at radius 1 is 1.54 bits per heavy atom. The van der Waals surface area contributed by atoms with Gasteiger partial charge in [-0.1, -0.05) is 5.16 Å². The third-order valence-electron chi connectivity index (χ3n) is 1.52. The van der Waals surface area contributed by atoms with E-state index in [0.29, 0.717) is 17.5 Å². The fraction of sp³-hybridized carbons (Fsp3) is 0.250. The molecule has 2 heterocycles. The van der Waals surface area contributed by atoms with Crippen LogP contribution in [-0.4, -0.2) is 10.1 Å². The molecule has 0 radical (unpaired) electrons. The van der Waals surface area contributed by atoms with Gasteiger partial charge in [0, 0.05) is 0 Å². The van der Waals surface area contributed by atoms with Crippen LogP contribution >= 0.6 is 11.6 Å². The van der Waals surface area contributed by atoms with Gasteiger partial charge in [-0.3, -0.25) is 0 Å². The van der Waals surface area contributed by atoms with Gasteiger partial charge in [0.1, 0.15) is 5.38 Å². The maximum Gasteiger partial charge on any atom is 0.244 e. The van der Waals surface area contributed by atoms with Gasteiger partial charge in [-0.2, -0.15) is 4.98 Å². The lowest BCUT2D eigenvalue weighted by Crippen LogP contribution is -1.83. The monoisotopic (exact) mass is 198 g/mol. The normalized spacial score (nSPS) is 13.1. The summed E-state index contributed by atoms with van der Waals surface area (Å²) in [7, 11) is 0. The van der Waals surface area contributed by atoms with Crippen LogP contribution in [0.4, 0.5) is 0 Å². The zero-order valence-corrected chi connectivity index (χ0v) is 7.65. The number of halogens is 1. The number of furan rings is 1. The summed E-state index contributed by atoms with van der Waals surface area (Å²) in [6.45, 7) is 1.76. The van der Waals surface area contributed by atoms with Gasteiger partial charge in [-0.25, -0.2) is 0 Å². The number of aromatic nitrogens is 2. The Labute approximate surface area is 79.5 Å². The van der Waals surface area contributed by atoms with Crippen molar-refractivity contribution in [3.63, 3.8) is 0 Å². The van der Waals surface area contributed by atoms with Gasteiger partial charge in [-0.15, -0.1) is 11.6 Å². The summed E-state index contributed by atoms with van der Waals surface area (Å²) in [6.07, 6.45) is 1.55. The lowest BCUT2D eigenvalue weighted by atomic mass is 10.4. The lowest BCUT2D eigenvalue weighted by Gasteiger charge is -1.89. The maximum atomic E-state index is 5.75. The van der Waals surface area contributed by atoms with E-state index in [1.807, 2.05) is 0 Å². The molecule has 68 valence electrons. The van der Waals surface area contributed by atoms with E-state index >= 15 is 0 Å². The molecular formula is C8H7ClN2O2. The number of nitrogens with zero attached hydrogens (tertiary/aromatic N) is 2. The van der Waals surface area contributed by atoms with Gasteiger partial charge < -0.3 is 8.94 Å². The minimum Gasteiger partial charge on any atom is -0.461 e. The molecule has 0 fully saturated rings. The van der Waals surface area contributed by atoms with Crippen LogP contribution in [0.1, 0.15) is 18.2 Å². The number of alkyl halides is 1. The van der Waals surface area contributed by atoms with E-state index in [4.69, 9.17) is 20.5 Å². The van der Waals surface area contributed by atoms with Crippen molar-refractivity contribution in [2.45, 2.75) is 12.3 Å². The minimum absolute atomic E-state index is 0.281. The van der Waals surface area contributed by atoms with Crippen LogP contribution in [0.5, 0.6) is 0 Å². The summed E-state index contributed by atoms with van der Waals surface area (Å²) in [4.78, 5) is 4.05. The molecule has 0 aliphatic carbocycles. The Hall–Kier alpha value is -1.29. The Balaban J connectivity index is 2.33. The summed E-state index contributed by atoms with van der Waals surface area (Å²) in [6, 6.07) is 3.52. The molecule has 0 amide bonds. The van der Waals surface area contributed by atoms with Crippen LogP contribution < -0.4 is 0 Å². The first-order valence-corrected chi connectivity index (χ1v) is 4.22. The van der Waals surface area contributed by atoms with E-state index in [1.165, 1.54) is 0 Å². The van der Waals surface area contributed by atoms with Crippen LogP contribution in [0, 0.1) is 0 Å². The molecule has 0 aliphatic rings. The molecule has 2 aromatic rings. The van der Waals surface area contributed by atoms with Crippen molar-refractivity contribution < 1.29 is 8.94 Å². The summed E-state index contributed by atoms with van der Waals surface area (Å²) in [5.74, 6) is 1.40. The van der Waals surface area contributed by atoms with Gasteiger partial charge in [0.15, 0.2) is 5.76 Å². The Morgan fingerprint density at radius 3 is 2.92 bits per heavy atom. The largest absolute Gasteiger partial charge is 0.461 e. The average Bonchev–Trinajstić information content (AvgIpc) is 2.75. The van der Waals surface area contributed by atoms with Gasteiger partial charge >= 0.3 is 0 Å². The Kier molecular flexibility index (Phi) is 2.06. The van der Waals surface area contributed by atoms with E-state index < -0.39 is 0 Å². The first-order chi connectivity index (χ1) is 6.27. The summed E-state index contributed by atoms with van der Waals surface area (Å²) < 4.78 is 9.98. The first kappa shape index (κ1) is 8.31. The fourth-order valence-corrected chi connectivity index (χ4v) is 0.991. The topological polar surface area (TPSA) is 52.1 Å². The van der Waals surface area contributed by atoms with Gasteiger partial charge in [-0.05, 0) is 19.1 Å². The molecular weight excluding hydrogens is 192 g/mol. The number of hydrogen-bond acceptors (Lipinski definition) is 4. The van der Waals surface area contributed by atoms with Crippen LogP contribution in [0.15, 0.2) is 27.3 Å². The SMILES string of the molecule is C[C@@H](Cl)c1nc(-c2ccco2)no1. The molecule has 0 saturated carbocycles. The predicted octanol–water partition coefficient (Wildman–Crippen LogP) is 2.63. The quantitative estimate of drug-likeness (QED) is 0.696. The smallest absolute Gasteiger partial charge is 0.244 e. The van der Waals surface area contributed by atoms with Crippen molar-refractivity contribution in [3.05, 3.63) is 24.3 Å². The van der Waals surface area contributed by atoms with E-state index in [2.05, 4.69) is 10.1 Å². The zero-order chi connectivity index (χ0) is 9.26. The molecule has 4 nitrogen and oxygen atoms in total. The van der Waals surface area contributed by atoms with Gasteiger partial charge in [0.25, 0.3) is 0 Å². The standard InChI is InChI=1S/C8H7ClN2O2/c1-5(9)8-10-7(11-13-8)6-3-2-4-12-6/h2-5H,1H3/t5-/m1/s1. The predicted molar refractivity (Wildman–Crippen MR) is 46.3 cm³/mol. The zero-order valence-electron chi connectivity index (χ0n) is 6.90. The number of rotatable bonds is 2. The van der Waals surface area contributed by atoms with Crippen LogP contribution in [0.3, 0.4) is 0 Å². The average molecular weight is 199 g/mol. The minimum atomic E-state index is -0.281. The highest BCUT2D eigenvalue weighted by atomic mass is 35.5. The summed E-state index contributed by atoms with van der Waals surface area (Å²) in [5, 5.41) is 3.43. The molecule has 2 rings (SSSR count). The molecule has 0 aliphatic heterocycles. The molecule has 2 aromatic heterocycles. The summed E-state index contributed by atoms with van der Waals surface area (Å²) >= 11 is 5.75. The van der Waals surface area contributed by atoms with E-state index in [0.717, 1.165) is 0 Å². The van der Waals surface area contributed by atoms with Gasteiger partial charge in [0.2, 0.25) is 11.7 Å². The second-order valence-electron chi connectivity index (χ2n) is 2.55. The highest BCUT2D eigenvalue weighted by molar-refractivity contribution is 6.20. The van der Waals surface area contributed by atoms with Gasteiger partial charge in [0.05, 0.1) is 6.26 Å². The second-order valence-corrected chi connectivity index (χ2v) is 3.20. The van der Waals surface area contributed by atoms with Crippen LogP contribution in [0.2, 0.25) is 0 Å². The van der Waals surface area contributed by atoms with E-state index in [9.17, 15) is 0 Å². The third kappa shape index (κ3) is 1.58. The van der Waals surface area contributed by atoms with Crippen molar-refractivity contribution in [2.75, 3.05) is 0 Å². The molecule has 0 unspecified atom stereocenters. The highest BCUT2D eigenvalue weighted by Gasteiger charge is 2.13. The molecule has 5 heteroatoms. The molecule has 1 atom stereocenters. The Morgan fingerprint density at radius 2 is 2.38 bits per heavy atom. The molecule has 0 saturated heterocycles. The van der Waals surface area contributed by atoms with Crippen molar-refractivity contribution in [2.24, 2.45) is 0 Å². The van der Waals surface area contributed by atoms with Crippen LogP contribution in [-0.2, 0) is 0 Å². The molecule has 0 spiro atoms. The molecule has 13 heavy (non-hydrogen) atoms.